The summed E-state index contributed by atoms with van der Waals surface area (Å²) in [4.78, 5) is 0. The van der Waals surface area contributed by atoms with Gasteiger partial charge in [0.05, 0.1) is 0 Å². The van der Waals surface area contributed by atoms with Crippen LogP contribution in [0.4, 0.5) is 0 Å². The van der Waals surface area contributed by atoms with Crippen LogP contribution in [0.25, 0.3) is 35.4 Å². The van der Waals surface area contributed by atoms with E-state index < -0.39 is 15.2 Å². The maximum Gasteiger partial charge on any atom is 0.155 e. The Morgan fingerprint density at radius 3 is 0.857 bits per heavy atom. The number of fused-ring (bicyclic) bond motifs is 3. The smallest absolute Gasteiger partial charge is 0.0624 e. The first-order valence-corrected chi connectivity index (χ1v) is 24.6. The van der Waals surface area contributed by atoms with Crippen molar-refractivity contribution < 1.29 is 0 Å². The van der Waals surface area contributed by atoms with Crippen molar-refractivity contribution in [3.8, 4) is 11.1 Å². The van der Waals surface area contributed by atoms with E-state index in [4.69, 9.17) is 0 Å². The van der Waals surface area contributed by atoms with Crippen LogP contribution in [0, 0.1) is 13.8 Å². The molecule has 0 unspecified atom stereocenters. The first kappa shape index (κ1) is 35.4. The molecule has 0 aromatic heterocycles. The van der Waals surface area contributed by atoms with E-state index in [1.165, 1.54) is 75.6 Å². The highest BCUT2D eigenvalue weighted by molar-refractivity contribution is 7.68. The predicted octanol–water partition coefficient (Wildman–Crippen LogP) is 9.34. The van der Waals surface area contributed by atoms with Gasteiger partial charge in [-0.2, -0.15) is 0 Å². The van der Waals surface area contributed by atoms with Gasteiger partial charge in [-0.05, 0) is 80.9 Å². The fourth-order valence-electron chi connectivity index (χ4n) is 9.35. The van der Waals surface area contributed by atoms with Gasteiger partial charge in [-0.1, -0.05) is 239 Å². The van der Waals surface area contributed by atoms with Gasteiger partial charge in [0.25, 0.3) is 0 Å². The Morgan fingerprint density at radius 1 is 0.304 bits per heavy atom. The van der Waals surface area contributed by atoms with Gasteiger partial charge in [-0.15, -0.1) is 0 Å². The van der Waals surface area contributed by atoms with Crippen molar-refractivity contribution in [3.05, 3.63) is 240 Å². The average molecular weight is 749 g/mol. The molecule has 1 heterocycles. The van der Waals surface area contributed by atoms with Crippen molar-refractivity contribution in [1.29, 1.82) is 0 Å². The molecule has 0 nitrogen and oxygen atoms in total. The number of hydrogen-bond acceptors (Lipinski definition) is 0. The molecule has 0 spiro atoms. The molecule has 0 fully saturated rings. The molecule has 0 N–H and O–H groups in total. The van der Waals surface area contributed by atoms with E-state index in [1.807, 2.05) is 0 Å². The van der Waals surface area contributed by atoms with Gasteiger partial charge in [0, 0.05) is 0 Å². The Hall–Kier alpha value is -6.33. The molecule has 0 atom stereocenters. The third-order valence-electron chi connectivity index (χ3n) is 11.8. The SMILES string of the molecule is Cc1cc2c(cc1/C=C/c1ccccc1)-c1cc(/C=C/c3ccccc3)c(C)cc1[Si](c1ccccc1)(c1ccccc1)[Si]2(c1ccccc1)c1ccccc1. The Morgan fingerprint density at radius 2 is 0.571 bits per heavy atom. The van der Waals surface area contributed by atoms with Gasteiger partial charge in [-0.3, -0.25) is 0 Å². The number of rotatable bonds is 8. The van der Waals surface area contributed by atoms with Crippen molar-refractivity contribution in [2.24, 2.45) is 0 Å². The van der Waals surface area contributed by atoms with Crippen LogP contribution in [0.5, 0.6) is 0 Å². The molecule has 0 saturated carbocycles. The van der Waals surface area contributed by atoms with Crippen LogP contribution in [0.1, 0.15) is 33.4 Å². The van der Waals surface area contributed by atoms with Gasteiger partial charge < -0.3 is 0 Å². The summed E-state index contributed by atoms with van der Waals surface area (Å²) in [6, 6.07) is 78.0. The lowest BCUT2D eigenvalue weighted by molar-refractivity contribution is 1.43. The second-order valence-electron chi connectivity index (χ2n) is 15.0. The highest BCUT2D eigenvalue weighted by Crippen LogP contribution is 2.36. The summed E-state index contributed by atoms with van der Waals surface area (Å²) in [5, 5.41) is 8.81. The molecule has 0 amide bonds. The van der Waals surface area contributed by atoms with Crippen molar-refractivity contribution >= 4 is 70.6 Å². The van der Waals surface area contributed by atoms with Crippen molar-refractivity contribution in [2.75, 3.05) is 0 Å². The third kappa shape index (κ3) is 5.90. The molecule has 0 radical (unpaired) electrons. The topological polar surface area (TPSA) is 0 Å². The van der Waals surface area contributed by atoms with E-state index in [0.717, 1.165) is 0 Å². The minimum absolute atomic E-state index is 1.20. The summed E-state index contributed by atoms with van der Waals surface area (Å²) in [6.07, 6.45) is 9.15. The van der Waals surface area contributed by atoms with E-state index >= 15 is 0 Å². The maximum atomic E-state index is 2.60. The zero-order valence-electron chi connectivity index (χ0n) is 31.9. The Kier molecular flexibility index (Phi) is 9.52. The number of hydrogen-bond donors (Lipinski definition) is 0. The van der Waals surface area contributed by atoms with Crippen LogP contribution < -0.4 is 31.1 Å². The first-order valence-electron chi connectivity index (χ1n) is 19.6. The van der Waals surface area contributed by atoms with Crippen molar-refractivity contribution in [1.82, 2.24) is 0 Å². The summed E-state index contributed by atoms with van der Waals surface area (Å²) in [5.74, 6) is 0. The van der Waals surface area contributed by atoms with Crippen LogP contribution in [0.15, 0.2) is 206 Å². The molecule has 0 aliphatic carbocycles. The average Bonchev–Trinajstić information content (AvgIpc) is 3.26. The summed E-state index contributed by atoms with van der Waals surface area (Å²) in [6.45, 7) is 4.63. The molecule has 9 rings (SSSR count). The van der Waals surface area contributed by atoms with E-state index in [2.05, 4.69) is 244 Å². The maximum absolute atomic E-state index is 3.02. The van der Waals surface area contributed by atoms with E-state index in [9.17, 15) is 0 Å². The van der Waals surface area contributed by atoms with Gasteiger partial charge in [0.2, 0.25) is 0 Å². The Labute approximate surface area is 333 Å². The lowest BCUT2D eigenvalue weighted by Gasteiger charge is -2.54. The molecule has 1 aliphatic rings. The quantitative estimate of drug-likeness (QED) is 0.107. The van der Waals surface area contributed by atoms with E-state index in [1.54, 1.807) is 0 Å². The van der Waals surface area contributed by atoms with E-state index in [0.29, 0.717) is 0 Å². The minimum atomic E-state index is -3.02. The molecule has 2 heteroatoms. The van der Waals surface area contributed by atoms with Crippen molar-refractivity contribution in [2.45, 2.75) is 13.8 Å². The normalized spacial score (nSPS) is 14.0. The van der Waals surface area contributed by atoms with Gasteiger partial charge >= 0.3 is 0 Å². The van der Waals surface area contributed by atoms with E-state index in [-0.39, 0.29) is 0 Å². The molecule has 8 aromatic rings. The van der Waals surface area contributed by atoms with Crippen LogP contribution >= 0.6 is 0 Å². The zero-order chi connectivity index (χ0) is 38.0. The highest BCUT2D eigenvalue weighted by Gasteiger charge is 2.64. The molecule has 8 aromatic carbocycles. The zero-order valence-corrected chi connectivity index (χ0v) is 33.9. The van der Waals surface area contributed by atoms with Gasteiger partial charge in [0.15, 0.2) is 15.2 Å². The van der Waals surface area contributed by atoms with Crippen LogP contribution in [-0.4, -0.2) is 15.2 Å². The number of aryl methyl sites for hydroxylation is 2. The second kappa shape index (κ2) is 15.1. The van der Waals surface area contributed by atoms with Gasteiger partial charge in [-0.25, -0.2) is 0 Å². The Bertz CT molecular complexity index is 2400. The Balaban J connectivity index is 1.48. The molecule has 0 saturated heterocycles. The largest absolute Gasteiger partial charge is 0.155 e. The molecule has 268 valence electrons. The molecular formula is C54H44Si2. The molecule has 1 aliphatic heterocycles. The van der Waals surface area contributed by atoms with Crippen LogP contribution in [0.2, 0.25) is 0 Å². The minimum Gasteiger partial charge on any atom is -0.0624 e. The highest BCUT2D eigenvalue weighted by atomic mass is 29.3. The predicted molar refractivity (Wildman–Crippen MR) is 247 cm³/mol. The van der Waals surface area contributed by atoms with Crippen molar-refractivity contribution in [3.63, 3.8) is 0 Å². The fourth-order valence-corrected chi connectivity index (χ4v) is 29.5. The van der Waals surface area contributed by atoms with Gasteiger partial charge in [0.1, 0.15) is 0 Å². The number of benzene rings is 8. The second-order valence-corrected chi connectivity index (χ2v) is 25.8. The standard InChI is InChI=1S/C54H44Si2/c1-41-37-53-51(39-45(41)35-33-43-21-9-3-10-22-43)52-40-46(36-34-44-23-11-4-12-24-44)42(2)38-54(52)56(49-29-17-7-18-30-49,50-31-19-8-20-32-50)55(53,47-25-13-5-14-26-47)48-27-15-6-16-28-48/h3-40H,1-2H3/b35-33+,36-34+. The summed E-state index contributed by atoms with van der Waals surface area (Å²) >= 11 is 0. The third-order valence-corrected chi connectivity index (χ3v) is 28.6. The summed E-state index contributed by atoms with van der Waals surface area (Å²) in [7, 11) is -6.05. The molecule has 56 heavy (non-hydrogen) atoms. The first-order chi connectivity index (χ1) is 27.6. The fraction of sp³-hybridized carbons (Fsp3) is 0.0370. The lowest BCUT2D eigenvalue weighted by Crippen LogP contribution is -2.95. The molecule has 0 bridgehead atoms. The summed E-state index contributed by atoms with van der Waals surface area (Å²) in [5.41, 5.74) is 10.2. The summed E-state index contributed by atoms with van der Waals surface area (Å²) < 4.78 is 0. The monoisotopic (exact) mass is 748 g/mol. The van der Waals surface area contributed by atoms with Crippen LogP contribution in [-0.2, 0) is 0 Å². The molecular weight excluding hydrogens is 705 g/mol. The van der Waals surface area contributed by atoms with Crippen LogP contribution in [0.3, 0.4) is 0 Å². The lowest BCUT2D eigenvalue weighted by atomic mass is 9.95.